The summed E-state index contributed by atoms with van der Waals surface area (Å²) in [6.45, 7) is 13.6. The molecule has 0 bridgehead atoms. The molecular weight excluding hydrogens is 340 g/mol. The molecule has 6 nitrogen and oxygen atoms in total. The molecule has 1 heterocycles. The number of hydrogen-bond donors (Lipinski definition) is 2. The molecule has 27 heavy (non-hydrogen) atoms. The average molecular weight is 373 g/mol. The lowest BCUT2D eigenvalue weighted by molar-refractivity contribution is 0.239. The predicted molar refractivity (Wildman–Crippen MR) is 110 cm³/mol. The molecule has 0 saturated carbocycles. The van der Waals surface area contributed by atoms with E-state index in [0.29, 0.717) is 6.54 Å². The highest BCUT2D eigenvalue weighted by atomic mass is 16.5. The molecule has 6 heteroatoms. The number of aryl methyl sites for hydroxylation is 3. The monoisotopic (exact) mass is 372 g/mol. The minimum atomic E-state index is 0.138. The van der Waals surface area contributed by atoms with Gasteiger partial charge in [0.1, 0.15) is 11.5 Å². The standard InChI is InChI=1S/C21H32N4O2/c1-13(2)26-19-10-14(3)8-9-18(19)12-24-21(22-7)23-11-15(4)20-16(5)25-27-17(20)6/h8-10,13,15H,11-12H2,1-7H3,(H2,22,23,24). The Kier molecular flexibility index (Phi) is 7.28. The van der Waals surface area contributed by atoms with Gasteiger partial charge in [-0.25, -0.2) is 0 Å². The number of ether oxygens (including phenoxy) is 1. The largest absolute Gasteiger partial charge is 0.491 e. The summed E-state index contributed by atoms with van der Waals surface area (Å²) in [5.41, 5.74) is 4.39. The van der Waals surface area contributed by atoms with E-state index in [1.165, 1.54) is 5.56 Å². The van der Waals surface area contributed by atoms with E-state index in [0.717, 1.165) is 40.8 Å². The molecule has 0 radical (unpaired) electrons. The van der Waals surface area contributed by atoms with Crippen LogP contribution in [0.3, 0.4) is 0 Å². The highest BCUT2D eigenvalue weighted by Gasteiger charge is 2.16. The molecule has 1 aromatic heterocycles. The summed E-state index contributed by atoms with van der Waals surface area (Å²) in [5, 5.41) is 10.8. The number of nitrogens with one attached hydrogen (secondary N) is 2. The van der Waals surface area contributed by atoms with Gasteiger partial charge in [-0.05, 0) is 46.2 Å². The topological polar surface area (TPSA) is 71.7 Å². The summed E-state index contributed by atoms with van der Waals surface area (Å²) in [6, 6.07) is 6.27. The van der Waals surface area contributed by atoms with E-state index >= 15 is 0 Å². The summed E-state index contributed by atoms with van der Waals surface area (Å²) in [7, 11) is 1.77. The third-order valence-corrected chi connectivity index (χ3v) is 4.41. The minimum Gasteiger partial charge on any atom is -0.491 e. The van der Waals surface area contributed by atoms with Crippen molar-refractivity contribution in [2.45, 2.75) is 60.1 Å². The highest BCUT2D eigenvalue weighted by molar-refractivity contribution is 5.79. The van der Waals surface area contributed by atoms with Crippen molar-refractivity contribution in [2.24, 2.45) is 4.99 Å². The molecule has 0 amide bonds. The van der Waals surface area contributed by atoms with Crippen molar-refractivity contribution in [1.29, 1.82) is 0 Å². The fraction of sp³-hybridized carbons (Fsp3) is 0.524. The first-order valence-electron chi connectivity index (χ1n) is 9.45. The van der Waals surface area contributed by atoms with Crippen LogP contribution in [-0.4, -0.2) is 30.8 Å². The summed E-state index contributed by atoms with van der Waals surface area (Å²) in [5.74, 6) is 2.82. The molecule has 0 saturated heterocycles. The lowest BCUT2D eigenvalue weighted by Gasteiger charge is -2.18. The van der Waals surface area contributed by atoms with Crippen LogP contribution >= 0.6 is 0 Å². The number of hydrogen-bond acceptors (Lipinski definition) is 4. The zero-order valence-corrected chi connectivity index (χ0v) is 17.5. The van der Waals surface area contributed by atoms with Gasteiger partial charge in [0, 0.05) is 37.2 Å². The van der Waals surface area contributed by atoms with Crippen molar-refractivity contribution >= 4 is 5.96 Å². The molecule has 1 aromatic carbocycles. The van der Waals surface area contributed by atoms with Gasteiger partial charge < -0.3 is 19.9 Å². The molecule has 0 aliphatic carbocycles. The molecular formula is C21H32N4O2. The van der Waals surface area contributed by atoms with Crippen LogP contribution < -0.4 is 15.4 Å². The maximum absolute atomic E-state index is 5.95. The number of aliphatic imine (C=N–C) groups is 1. The van der Waals surface area contributed by atoms with Gasteiger partial charge in [0.25, 0.3) is 0 Å². The number of benzene rings is 1. The second kappa shape index (κ2) is 9.44. The first-order chi connectivity index (χ1) is 12.8. The van der Waals surface area contributed by atoms with E-state index in [-0.39, 0.29) is 12.0 Å². The number of nitrogens with zero attached hydrogens (tertiary/aromatic N) is 2. The second-order valence-corrected chi connectivity index (χ2v) is 7.22. The van der Waals surface area contributed by atoms with E-state index in [1.807, 2.05) is 27.7 Å². The second-order valence-electron chi connectivity index (χ2n) is 7.22. The van der Waals surface area contributed by atoms with E-state index in [2.05, 4.69) is 52.8 Å². The summed E-state index contributed by atoms with van der Waals surface area (Å²) < 4.78 is 11.2. The molecule has 1 atom stereocenters. The van der Waals surface area contributed by atoms with Gasteiger partial charge in [-0.3, -0.25) is 4.99 Å². The van der Waals surface area contributed by atoms with Gasteiger partial charge in [-0.15, -0.1) is 0 Å². The Balaban J connectivity index is 1.96. The Morgan fingerprint density at radius 1 is 1.19 bits per heavy atom. The molecule has 0 fully saturated rings. The number of guanidine groups is 1. The van der Waals surface area contributed by atoms with Crippen molar-refractivity contribution in [3.8, 4) is 5.75 Å². The van der Waals surface area contributed by atoms with Crippen LogP contribution in [0, 0.1) is 20.8 Å². The van der Waals surface area contributed by atoms with Crippen LogP contribution in [0.5, 0.6) is 5.75 Å². The Labute approximate surface area is 162 Å². The third kappa shape index (κ3) is 5.74. The van der Waals surface area contributed by atoms with Gasteiger partial charge in [-0.1, -0.05) is 24.2 Å². The van der Waals surface area contributed by atoms with Crippen molar-refractivity contribution in [1.82, 2.24) is 15.8 Å². The molecule has 0 aliphatic heterocycles. The van der Waals surface area contributed by atoms with Gasteiger partial charge in [-0.2, -0.15) is 0 Å². The molecule has 1 unspecified atom stereocenters. The van der Waals surface area contributed by atoms with Crippen LogP contribution in [0.15, 0.2) is 27.7 Å². The number of rotatable bonds is 7. The fourth-order valence-electron chi connectivity index (χ4n) is 3.12. The van der Waals surface area contributed by atoms with Gasteiger partial charge in [0.15, 0.2) is 5.96 Å². The molecule has 148 valence electrons. The SMILES string of the molecule is CN=C(NCc1ccc(C)cc1OC(C)C)NCC(C)c1c(C)noc1C. The van der Waals surface area contributed by atoms with Gasteiger partial charge in [0.05, 0.1) is 11.8 Å². The Morgan fingerprint density at radius 3 is 2.52 bits per heavy atom. The third-order valence-electron chi connectivity index (χ3n) is 4.41. The van der Waals surface area contributed by atoms with Gasteiger partial charge >= 0.3 is 0 Å². The minimum absolute atomic E-state index is 0.138. The lowest BCUT2D eigenvalue weighted by atomic mass is 10.00. The maximum atomic E-state index is 5.95. The number of aromatic nitrogens is 1. The molecule has 2 aromatic rings. The highest BCUT2D eigenvalue weighted by Crippen LogP contribution is 2.23. The molecule has 0 aliphatic rings. The Bertz CT molecular complexity index is 761. The van der Waals surface area contributed by atoms with Crippen LogP contribution in [-0.2, 0) is 6.54 Å². The van der Waals surface area contributed by atoms with E-state index < -0.39 is 0 Å². The van der Waals surface area contributed by atoms with Crippen LogP contribution in [0.4, 0.5) is 0 Å². The summed E-state index contributed by atoms with van der Waals surface area (Å²) in [4.78, 5) is 4.32. The van der Waals surface area contributed by atoms with Crippen molar-refractivity contribution < 1.29 is 9.26 Å². The Morgan fingerprint density at radius 2 is 1.93 bits per heavy atom. The Hall–Kier alpha value is -2.50. The van der Waals surface area contributed by atoms with Crippen molar-refractivity contribution in [2.75, 3.05) is 13.6 Å². The van der Waals surface area contributed by atoms with Gasteiger partial charge in [0.2, 0.25) is 0 Å². The van der Waals surface area contributed by atoms with Crippen LogP contribution in [0.25, 0.3) is 0 Å². The van der Waals surface area contributed by atoms with E-state index in [1.54, 1.807) is 7.05 Å². The molecule has 0 spiro atoms. The van der Waals surface area contributed by atoms with Crippen LogP contribution in [0.2, 0.25) is 0 Å². The maximum Gasteiger partial charge on any atom is 0.191 e. The molecule has 2 N–H and O–H groups in total. The van der Waals surface area contributed by atoms with Crippen molar-refractivity contribution in [3.05, 3.63) is 46.3 Å². The molecule has 2 rings (SSSR count). The zero-order valence-electron chi connectivity index (χ0n) is 17.5. The smallest absolute Gasteiger partial charge is 0.191 e. The fourth-order valence-corrected chi connectivity index (χ4v) is 3.12. The van der Waals surface area contributed by atoms with E-state index in [9.17, 15) is 0 Å². The first kappa shape index (κ1) is 20.8. The quantitative estimate of drug-likeness (QED) is 0.570. The van der Waals surface area contributed by atoms with Crippen molar-refractivity contribution in [3.63, 3.8) is 0 Å². The van der Waals surface area contributed by atoms with E-state index in [4.69, 9.17) is 9.26 Å². The lowest BCUT2D eigenvalue weighted by Crippen LogP contribution is -2.38. The van der Waals surface area contributed by atoms with Crippen LogP contribution in [0.1, 0.15) is 54.8 Å². The normalized spacial score (nSPS) is 13.0. The average Bonchev–Trinajstić information content (AvgIpc) is 2.94. The summed E-state index contributed by atoms with van der Waals surface area (Å²) >= 11 is 0. The summed E-state index contributed by atoms with van der Waals surface area (Å²) in [6.07, 6.45) is 0.138. The predicted octanol–water partition coefficient (Wildman–Crippen LogP) is 3.86. The zero-order chi connectivity index (χ0) is 20.0. The first-order valence-corrected chi connectivity index (χ1v) is 9.45.